The Labute approximate surface area is 224 Å². The lowest BCUT2D eigenvalue weighted by molar-refractivity contribution is -0.183. The van der Waals surface area contributed by atoms with E-state index in [0.717, 1.165) is 25.7 Å². The number of aromatic nitrogens is 4. The van der Waals surface area contributed by atoms with Gasteiger partial charge in [-0.3, -0.25) is 9.59 Å². The first-order chi connectivity index (χ1) is 18.5. The summed E-state index contributed by atoms with van der Waals surface area (Å²) in [5.41, 5.74) is 1.35. The number of imidazole rings is 1. The number of carbonyl (C=O) groups excluding carboxylic acids is 2. The lowest BCUT2D eigenvalue weighted by Gasteiger charge is -2.32. The van der Waals surface area contributed by atoms with Crippen LogP contribution in [0, 0.1) is 29.1 Å². The van der Waals surface area contributed by atoms with E-state index >= 15 is 0 Å². The molecule has 212 valence electrons. The molecule has 3 heterocycles. The van der Waals surface area contributed by atoms with Gasteiger partial charge in [0.1, 0.15) is 11.5 Å². The molecule has 1 saturated carbocycles. The predicted molar refractivity (Wildman–Crippen MR) is 136 cm³/mol. The number of nitrogens with zero attached hydrogens (tertiary/aromatic N) is 3. The van der Waals surface area contributed by atoms with Crippen molar-refractivity contribution in [3.05, 3.63) is 35.2 Å². The summed E-state index contributed by atoms with van der Waals surface area (Å²) in [5.74, 6) is -2.15. The topological polar surface area (TPSA) is 150 Å². The van der Waals surface area contributed by atoms with Gasteiger partial charge in [0, 0.05) is 24.6 Å². The number of alkyl halides is 3. The van der Waals surface area contributed by atoms with Crippen molar-refractivity contribution < 1.29 is 27.4 Å². The van der Waals surface area contributed by atoms with Gasteiger partial charge >= 0.3 is 6.18 Å². The number of halogens is 3. The Balaban J connectivity index is 1.44. The summed E-state index contributed by atoms with van der Waals surface area (Å²) >= 11 is 0. The second kappa shape index (κ2) is 12.1. The molecule has 0 bridgehead atoms. The molecule has 10 nitrogen and oxygen atoms in total. The molecule has 2 aromatic rings. The van der Waals surface area contributed by atoms with Gasteiger partial charge in [-0.15, -0.1) is 0 Å². The zero-order chi connectivity index (χ0) is 28.2. The number of aryl methyl sites for hydroxylation is 1. The number of hydrogen-bond acceptors (Lipinski definition) is 7. The second-order valence-corrected chi connectivity index (χ2v) is 10.6. The first-order valence-corrected chi connectivity index (χ1v) is 13.3. The van der Waals surface area contributed by atoms with Gasteiger partial charge in [0.05, 0.1) is 23.9 Å². The Hall–Kier alpha value is -3.51. The van der Waals surface area contributed by atoms with Crippen LogP contribution in [0.5, 0.6) is 0 Å². The third-order valence-electron chi connectivity index (χ3n) is 7.71. The van der Waals surface area contributed by atoms with E-state index in [1.165, 1.54) is 6.08 Å². The highest BCUT2D eigenvalue weighted by atomic mass is 19.4. The highest BCUT2D eigenvalue weighted by Crippen LogP contribution is 2.37. The van der Waals surface area contributed by atoms with Crippen LogP contribution < -0.4 is 10.6 Å². The van der Waals surface area contributed by atoms with Gasteiger partial charge in [0.2, 0.25) is 5.91 Å². The molecule has 0 aromatic carbocycles. The Morgan fingerprint density at radius 1 is 1.28 bits per heavy atom. The van der Waals surface area contributed by atoms with E-state index in [0.29, 0.717) is 29.6 Å². The Bertz CT molecular complexity index is 1200. The number of hydrogen-bond donors (Lipinski definition) is 4. The van der Waals surface area contributed by atoms with Crippen LogP contribution in [0.4, 0.5) is 13.2 Å². The first-order valence-electron chi connectivity index (χ1n) is 13.3. The van der Waals surface area contributed by atoms with Crippen molar-refractivity contribution in [1.29, 1.82) is 5.41 Å². The summed E-state index contributed by atoms with van der Waals surface area (Å²) in [7, 11) is 0. The maximum absolute atomic E-state index is 13.1. The van der Waals surface area contributed by atoms with E-state index in [1.807, 2.05) is 6.92 Å². The molecule has 2 aliphatic rings. The minimum atomic E-state index is -4.39. The summed E-state index contributed by atoms with van der Waals surface area (Å²) in [4.78, 5) is 32.7. The fraction of sp³-hybridized carbons (Fsp3) is 0.615. The molecule has 1 aliphatic heterocycles. The molecule has 1 unspecified atom stereocenters. The van der Waals surface area contributed by atoms with Crippen LogP contribution in [0.1, 0.15) is 86.1 Å². The van der Waals surface area contributed by atoms with Crippen LogP contribution in [0.25, 0.3) is 6.08 Å². The van der Waals surface area contributed by atoms with Gasteiger partial charge in [-0.25, -0.2) is 9.61 Å². The SMILES string of the molecule is CCc1nonc1C(=O)N[C@H](c1cnc(/C=C\C(=N)CC2C[C@@H](C(F)(F)F)CNC2=O)[nH]1)C1CCC(C)CC1. The van der Waals surface area contributed by atoms with E-state index in [2.05, 4.69) is 37.8 Å². The van der Waals surface area contributed by atoms with E-state index in [9.17, 15) is 22.8 Å². The van der Waals surface area contributed by atoms with Crippen LogP contribution in [-0.4, -0.2) is 50.5 Å². The second-order valence-electron chi connectivity index (χ2n) is 10.6. The highest BCUT2D eigenvalue weighted by molar-refractivity contribution is 5.98. The summed E-state index contributed by atoms with van der Waals surface area (Å²) in [6, 6.07) is -0.356. The van der Waals surface area contributed by atoms with Gasteiger partial charge in [-0.1, -0.05) is 31.8 Å². The molecule has 0 spiro atoms. The molecular weight excluding hydrogens is 515 g/mol. The normalized spacial score (nSPS) is 24.9. The Morgan fingerprint density at radius 3 is 2.72 bits per heavy atom. The third kappa shape index (κ3) is 7.12. The number of amides is 2. The van der Waals surface area contributed by atoms with Gasteiger partial charge in [0.15, 0.2) is 5.69 Å². The quantitative estimate of drug-likeness (QED) is 0.341. The van der Waals surface area contributed by atoms with E-state index < -0.39 is 30.5 Å². The molecule has 2 amide bonds. The minimum absolute atomic E-state index is 0.0210. The van der Waals surface area contributed by atoms with Crippen molar-refractivity contribution in [3.63, 3.8) is 0 Å². The number of rotatable bonds is 9. The average molecular weight is 550 g/mol. The maximum atomic E-state index is 13.1. The lowest BCUT2D eigenvalue weighted by Crippen LogP contribution is -2.46. The molecule has 4 N–H and O–H groups in total. The molecule has 2 aromatic heterocycles. The van der Waals surface area contributed by atoms with Crippen molar-refractivity contribution in [3.8, 4) is 0 Å². The van der Waals surface area contributed by atoms with E-state index in [4.69, 9.17) is 10.0 Å². The smallest absolute Gasteiger partial charge is 0.355 e. The molecule has 4 rings (SSSR count). The predicted octanol–water partition coefficient (Wildman–Crippen LogP) is 4.39. The standard InChI is InChI=1S/C26H34F3N7O3/c1-3-19-23(36-39-35-19)25(38)34-22(15-6-4-14(2)5-7-15)20-13-31-21(33-20)9-8-18(30)11-16-10-17(26(27,28)29)12-32-24(16)37/h8-9,13-17,22,30H,3-7,10-12H2,1-2H3,(H,31,33)(H,32,37)(H,34,38)/b9-8-,30-18?/t14?,15?,16?,17-,22+/m1/s1. The minimum Gasteiger partial charge on any atom is -0.355 e. The number of piperidine rings is 1. The highest BCUT2D eigenvalue weighted by Gasteiger charge is 2.44. The molecule has 13 heteroatoms. The van der Waals surface area contributed by atoms with Crippen LogP contribution in [0.2, 0.25) is 0 Å². The molecule has 3 atom stereocenters. The van der Waals surface area contributed by atoms with Gasteiger partial charge < -0.3 is 21.0 Å². The van der Waals surface area contributed by atoms with E-state index in [-0.39, 0.29) is 42.1 Å². The average Bonchev–Trinajstić information content (AvgIpc) is 3.57. The van der Waals surface area contributed by atoms with Gasteiger partial charge in [-0.05, 0) is 54.8 Å². The maximum Gasteiger partial charge on any atom is 0.393 e. The van der Waals surface area contributed by atoms with Crippen molar-refractivity contribution in [2.24, 2.45) is 23.7 Å². The summed E-state index contributed by atoms with van der Waals surface area (Å²) in [6.45, 7) is 3.64. The summed E-state index contributed by atoms with van der Waals surface area (Å²) < 4.78 is 44.0. The van der Waals surface area contributed by atoms with Crippen LogP contribution in [0.15, 0.2) is 16.9 Å². The zero-order valence-electron chi connectivity index (χ0n) is 22.0. The number of H-pyrrole nitrogens is 1. The van der Waals surface area contributed by atoms with Crippen molar-refractivity contribution >= 4 is 23.6 Å². The Morgan fingerprint density at radius 2 is 2.03 bits per heavy atom. The fourth-order valence-corrected chi connectivity index (χ4v) is 5.32. The van der Waals surface area contributed by atoms with Crippen LogP contribution in [-0.2, 0) is 11.2 Å². The van der Waals surface area contributed by atoms with Gasteiger partial charge in [-0.2, -0.15) is 13.2 Å². The monoisotopic (exact) mass is 549 g/mol. The third-order valence-corrected chi connectivity index (χ3v) is 7.71. The molecule has 1 aliphatic carbocycles. The largest absolute Gasteiger partial charge is 0.393 e. The number of allylic oxidation sites excluding steroid dienone is 1. The van der Waals surface area contributed by atoms with Crippen LogP contribution >= 0.6 is 0 Å². The van der Waals surface area contributed by atoms with Crippen molar-refractivity contribution in [2.75, 3.05) is 6.54 Å². The van der Waals surface area contributed by atoms with Crippen LogP contribution in [0.3, 0.4) is 0 Å². The van der Waals surface area contributed by atoms with Gasteiger partial charge in [0.25, 0.3) is 5.91 Å². The van der Waals surface area contributed by atoms with Crippen molar-refractivity contribution in [2.45, 2.75) is 71.0 Å². The summed E-state index contributed by atoms with van der Waals surface area (Å²) in [5, 5.41) is 21.1. The fourth-order valence-electron chi connectivity index (χ4n) is 5.32. The Kier molecular flexibility index (Phi) is 8.86. The number of carbonyl (C=O) groups is 2. The number of aromatic amines is 1. The molecular formula is C26H34F3N7O3. The number of nitrogens with one attached hydrogen (secondary N) is 4. The molecule has 0 radical (unpaired) electrons. The zero-order valence-corrected chi connectivity index (χ0v) is 22.0. The summed E-state index contributed by atoms with van der Waals surface area (Å²) in [6.07, 6.45) is 4.24. The lowest BCUT2D eigenvalue weighted by atomic mass is 9.78. The first kappa shape index (κ1) is 28.5. The van der Waals surface area contributed by atoms with E-state index in [1.54, 1.807) is 12.3 Å². The molecule has 39 heavy (non-hydrogen) atoms. The molecule has 2 fully saturated rings. The molecule has 1 saturated heterocycles. The van der Waals surface area contributed by atoms with Crippen molar-refractivity contribution in [1.82, 2.24) is 30.9 Å².